The van der Waals surface area contributed by atoms with Gasteiger partial charge in [-0.05, 0) is 55.2 Å². The molecule has 0 atom stereocenters. The number of nitrogens with zero attached hydrogens (tertiary/aromatic N) is 2. The summed E-state index contributed by atoms with van der Waals surface area (Å²) in [6.45, 7) is 0.696. The van der Waals surface area contributed by atoms with Gasteiger partial charge in [-0.15, -0.1) is 0 Å². The van der Waals surface area contributed by atoms with Crippen molar-refractivity contribution in [3.8, 4) is 0 Å². The SMILES string of the molecule is Cn1cccc(C(=O)Nc2ccc3c(c2)CCN3C(=O)C2CCCC2)c1=O. The molecule has 1 aromatic carbocycles. The maximum absolute atomic E-state index is 12.7. The summed E-state index contributed by atoms with van der Waals surface area (Å²) < 4.78 is 1.38. The van der Waals surface area contributed by atoms with Crippen LogP contribution >= 0.6 is 0 Å². The molecule has 1 saturated carbocycles. The lowest BCUT2D eigenvalue weighted by Gasteiger charge is -2.21. The minimum atomic E-state index is -0.423. The third-order valence-electron chi connectivity index (χ3n) is 5.57. The molecule has 2 aromatic rings. The molecule has 2 heterocycles. The molecule has 0 bridgehead atoms. The first-order valence-corrected chi connectivity index (χ1v) is 9.46. The van der Waals surface area contributed by atoms with Crippen molar-refractivity contribution in [1.82, 2.24) is 4.57 Å². The van der Waals surface area contributed by atoms with Crippen LogP contribution in [-0.2, 0) is 18.3 Å². The van der Waals surface area contributed by atoms with Gasteiger partial charge in [0, 0.05) is 37.1 Å². The highest BCUT2D eigenvalue weighted by Crippen LogP contribution is 2.34. The van der Waals surface area contributed by atoms with Crippen LogP contribution in [0.15, 0.2) is 41.3 Å². The Morgan fingerprint density at radius 3 is 2.70 bits per heavy atom. The smallest absolute Gasteiger partial charge is 0.263 e. The van der Waals surface area contributed by atoms with E-state index < -0.39 is 5.91 Å². The van der Waals surface area contributed by atoms with Crippen molar-refractivity contribution in [3.63, 3.8) is 0 Å². The monoisotopic (exact) mass is 365 g/mol. The highest BCUT2D eigenvalue weighted by molar-refractivity contribution is 6.04. The summed E-state index contributed by atoms with van der Waals surface area (Å²) in [5.41, 5.74) is 2.42. The van der Waals surface area contributed by atoms with Crippen LogP contribution in [0.4, 0.5) is 11.4 Å². The molecule has 1 N–H and O–H groups in total. The standard InChI is InChI=1S/C21H23N3O3/c1-23-11-4-7-17(21(23)27)19(25)22-16-8-9-18-15(13-16)10-12-24(18)20(26)14-5-2-3-6-14/h4,7-9,11,13-14H,2-3,5-6,10,12H2,1H3,(H,22,25). The molecule has 1 aliphatic heterocycles. The van der Waals surface area contributed by atoms with E-state index in [0.717, 1.165) is 43.4 Å². The molecule has 2 amide bonds. The number of carbonyl (C=O) groups excluding carboxylic acids is 2. The average Bonchev–Trinajstić information content (AvgIpc) is 3.33. The molecular weight excluding hydrogens is 342 g/mol. The Morgan fingerprint density at radius 1 is 1.15 bits per heavy atom. The molecule has 27 heavy (non-hydrogen) atoms. The Balaban J connectivity index is 1.52. The zero-order valence-electron chi connectivity index (χ0n) is 15.4. The summed E-state index contributed by atoms with van der Waals surface area (Å²) >= 11 is 0. The molecule has 2 aliphatic rings. The molecular formula is C21H23N3O3. The Labute approximate surface area is 157 Å². The lowest BCUT2D eigenvalue weighted by atomic mass is 10.1. The number of fused-ring (bicyclic) bond motifs is 1. The van der Waals surface area contributed by atoms with Gasteiger partial charge in [-0.1, -0.05) is 12.8 Å². The largest absolute Gasteiger partial charge is 0.322 e. The van der Waals surface area contributed by atoms with E-state index in [2.05, 4.69) is 5.32 Å². The molecule has 0 unspecified atom stereocenters. The number of nitrogens with one attached hydrogen (secondary N) is 1. The minimum absolute atomic E-state index is 0.110. The van der Waals surface area contributed by atoms with Crippen molar-refractivity contribution in [2.45, 2.75) is 32.1 Å². The number of benzene rings is 1. The third kappa shape index (κ3) is 3.27. The van der Waals surface area contributed by atoms with Gasteiger partial charge in [-0.3, -0.25) is 14.4 Å². The van der Waals surface area contributed by atoms with Crippen molar-refractivity contribution in [2.24, 2.45) is 13.0 Å². The Hall–Kier alpha value is -2.89. The average molecular weight is 365 g/mol. The first-order chi connectivity index (χ1) is 13.0. The van der Waals surface area contributed by atoms with Gasteiger partial charge in [0.1, 0.15) is 5.56 Å². The van der Waals surface area contributed by atoms with Crippen molar-refractivity contribution < 1.29 is 9.59 Å². The molecule has 1 fully saturated rings. The van der Waals surface area contributed by atoms with E-state index in [9.17, 15) is 14.4 Å². The van der Waals surface area contributed by atoms with E-state index in [-0.39, 0.29) is 22.9 Å². The van der Waals surface area contributed by atoms with Gasteiger partial charge in [0.05, 0.1) is 0 Å². The molecule has 0 saturated heterocycles. The second kappa shape index (κ2) is 7.02. The van der Waals surface area contributed by atoms with Crippen LogP contribution in [0.1, 0.15) is 41.6 Å². The van der Waals surface area contributed by atoms with Crippen molar-refractivity contribution in [3.05, 3.63) is 58.0 Å². The highest BCUT2D eigenvalue weighted by atomic mass is 16.2. The van der Waals surface area contributed by atoms with Gasteiger partial charge >= 0.3 is 0 Å². The number of aryl methyl sites for hydroxylation is 1. The molecule has 6 nitrogen and oxygen atoms in total. The van der Waals surface area contributed by atoms with Gasteiger partial charge in [-0.2, -0.15) is 0 Å². The highest BCUT2D eigenvalue weighted by Gasteiger charge is 2.31. The van der Waals surface area contributed by atoms with Gasteiger partial charge in [0.15, 0.2) is 0 Å². The maximum atomic E-state index is 12.7. The van der Waals surface area contributed by atoms with Gasteiger partial charge in [0.25, 0.3) is 11.5 Å². The summed E-state index contributed by atoms with van der Waals surface area (Å²) in [6, 6.07) is 8.79. The first-order valence-electron chi connectivity index (χ1n) is 9.46. The Kier molecular flexibility index (Phi) is 4.56. The predicted molar refractivity (Wildman–Crippen MR) is 104 cm³/mol. The lowest BCUT2D eigenvalue weighted by Crippen LogP contribution is -2.33. The van der Waals surface area contributed by atoms with Gasteiger partial charge < -0.3 is 14.8 Å². The van der Waals surface area contributed by atoms with E-state index >= 15 is 0 Å². The summed E-state index contributed by atoms with van der Waals surface area (Å²) in [4.78, 5) is 39.2. The fourth-order valence-electron chi connectivity index (χ4n) is 4.07. The van der Waals surface area contributed by atoms with Crippen LogP contribution in [0.3, 0.4) is 0 Å². The number of carbonyl (C=O) groups is 2. The fourth-order valence-corrected chi connectivity index (χ4v) is 4.07. The van der Waals surface area contributed by atoms with Crippen LogP contribution in [-0.4, -0.2) is 22.9 Å². The molecule has 6 heteroatoms. The number of hydrogen-bond donors (Lipinski definition) is 1. The Morgan fingerprint density at radius 2 is 1.93 bits per heavy atom. The lowest BCUT2D eigenvalue weighted by molar-refractivity contribution is -0.122. The predicted octanol–water partition coefficient (Wildman–Crippen LogP) is 2.72. The molecule has 0 radical (unpaired) electrons. The summed E-state index contributed by atoms with van der Waals surface area (Å²) in [7, 11) is 1.62. The van der Waals surface area contributed by atoms with E-state index in [4.69, 9.17) is 0 Å². The van der Waals surface area contributed by atoms with E-state index in [0.29, 0.717) is 12.2 Å². The second-order valence-corrected chi connectivity index (χ2v) is 7.36. The number of amides is 2. The van der Waals surface area contributed by atoms with Gasteiger partial charge in [-0.25, -0.2) is 0 Å². The summed E-state index contributed by atoms with van der Waals surface area (Å²) in [5, 5.41) is 2.80. The number of rotatable bonds is 3. The van der Waals surface area contributed by atoms with E-state index in [1.54, 1.807) is 25.4 Å². The maximum Gasteiger partial charge on any atom is 0.263 e. The van der Waals surface area contributed by atoms with E-state index in [1.807, 2.05) is 17.0 Å². The van der Waals surface area contributed by atoms with Crippen LogP contribution in [0.2, 0.25) is 0 Å². The van der Waals surface area contributed by atoms with Crippen molar-refractivity contribution >= 4 is 23.2 Å². The molecule has 4 rings (SSSR count). The van der Waals surface area contributed by atoms with Crippen LogP contribution in [0.25, 0.3) is 0 Å². The third-order valence-corrected chi connectivity index (χ3v) is 5.57. The van der Waals surface area contributed by atoms with Gasteiger partial charge in [0.2, 0.25) is 5.91 Å². The normalized spacial score (nSPS) is 16.4. The second-order valence-electron chi connectivity index (χ2n) is 7.36. The van der Waals surface area contributed by atoms with Crippen LogP contribution < -0.4 is 15.8 Å². The van der Waals surface area contributed by atoms with E-state index in [1.165, 1.54) is 10.6 Å². The van der Waals surface area contributed by atoms with Crippen LogP contribution in [0.5, 0.6) is 0 Å². The van der Waals surface area contributed by atoms with Crippen molar-refractivity contribution in [2.75, 3.05) is 16.8 Å². The number of hydrogen-bond acceptors (Lipinski definition) is 3. The first kappa shape index (κ1) is 17.5. The topological polar surface area (TPSA) is 71.4 Å². The summed E-state index contributed by atoms with van der Waals surface area (Å²) in [5.74, 6) is -0.0338. The molecule has 0 spiro atoms. The number of pyridine rings is 1. The zero-order chi connectivity index (χ0) is 19.0. The van der Waals surface area contributed by atoms with Crippen LogP contribution in [0, 0.1) is 5.92 Å². The van der Waals surface area contributed by atoms with Crippen molar-refractivity contribution in [1.29, 1.82) is 0 Å². The Bertz CT molecular complexity index is 957. The minimum Gasteiger partial charge on any atom is -0.322 e. The zero-order valence-corrected chi connectivity index (χ0v) is 15.4. The number of aromatic nitrogens is 1. The quantitative estimate of drug-likeness (QED) is 0.909. The molecule has 140 valence electrons. The number of anilines is 2. The molecule has 1 aliphatic carbocycles. The molecule has 1 aromatic heterocycles. The fraction of sp³-hybridized carbons (Fsp3) is 0.381. The summed E-state index contributed by atoms with van der Waals surface area (Å²) in [6.07, 6.45) is 6.66.